The molecule has 282 valence electrons. The topological polar surface area (TPSA) is 16.4 Å². The molecule has 1 heterocycles. The quantitative estimate of drug-likeness (QED) is 0.153. The van der Waals surface area contributed by atoms with Crippen molar-refractivity contribution >= 4 is 49.8 Å². The SMILES string of the molecule is c1ccc(-c2ccc(-c3ccc(N(c4ccc(-c5cccc6ccccc56)cc4)c4ccc(-c5ccccc5)c5oc6ccccc6c45)cc3)cc2-c2ccccc2)cc1. The number of nitrogens with zero attached hydrogens (tertiary/aromatic N) is 1. The van der Waals surface area contributed by atoms with Crippen LogP contribution in [0.1, 0.15) is 0 Å². The zero-order valence-corrected chi connectivity index (χ0v) is 32.9. The number of hydrogen-bond donors (Lipinski definition) is 0. The summed E-state index contributed by atoms with van der Waals surface area (Å²) in [5, 5.41) is 4.65. The van der Waals surface area contributed by atoms with Gasteiger partial charge in [-0.2, -0.15) is 0 Å². The third-order valence-electron chi connectivity index (χ3n) is 11.7. The second kappa shape index (κ2) is 15.1. The number of rotatable bonds is 8. The van der Waals surface area contributed by atoms with Crippen LogP contribution in [-0.4, -0.2) is 0 Å². The van der Waals surface area contributed by atoms with Gasteiger partial charge in [-0.25, -0.2) is 0 Å². The van der Waals surface area contributed by atoms with E-state index in [-0.39, 0.29) is 0 Å². The smallest absolute Gasteiger partial charge is 0.145 e. The predicted octanol–water partition coefficient (Wildman–Crippen LogP) is 16.5. The Kier molecular flexibility index (Phi) is 8.87. The Morgan fingerprint density at radius 3 is 1.48 bits per heavy atom. The molecule has 10 aromatic carbocycles. The first-order valence-corrected chi connectivity index (χ1v) is 20.5. The van der Waals surface area contributed by atoms with Crippen LogP contribution in [0.3, 0.4) is 0 Å². The Hall–Kier alpha value is -7.94. The van der Waals surface area contributed by atoms with Crippen LogP contribution in [0.2, 0.25) is 0 Å². The fourth-order valence-corrected chi connectivity index (χ4v) is 8.79. The summed E-state index contributed by atoms with van der Waals surface area (Å²) >= 11 is 0. The molecule has 0 spiro atoms. The van der Waals surface area contributed by atoms with Crippen LogP contribution in [0.15, 0.2) is 241 Å². The first-order valence-electron chi connectivity index (χ1n) is 20.5. The van der Waals surface area contributed by atoms with Crippen LogP contribution >= 0.6 is 0 Å². The van der Waals surface area contributed by atoms with E-state index in [4.69, 9.17) is 4.42 Å². The molecule has 0 saturated heterocycles. The van der Waals surface area contributed by atoms with Crippen molar-refractivity contribution in [3.05, 3.63) is 237 Å². The second-order valence-electron chi connectivity index (χ2n) is 15.2. The van der Waals surface area contributed by atoms with Gasteiger partial charge in [0.2, 0.25) is 0 Å². The van der Waals surface area contributed by atoms with Crippen LogP contribution in [0.5, 0.6) is 0 Å². The van der Waals surface area contributed by atoms with Gasteiger partial charge in [0.15, 0.2) is 0 Å². The monoisotopic (exact) mass is 765 g/mol. The summed E-state index contributed by atoms with van der Waals surface area (Å²) in [6, 6.07) is 84.7. The average molecular weight is 766 g/mol. The van der Waals surface area contributed by atoms with Crippen molar-refractivity contribution in [2.24, 2.45) is 0 Å². The average Bonchev–Trinajstić information content (AvgIpc) is 3.73. The highest BCUT2D eigenvalue weighted by Gasteiger charge is 2.22. The molecule has 0 atom stereocenters. The molecular weight excluding hydrogens is 727 g/mol. The molecule has 0 aliphatic heterocycles. The minimum absolute atomic E-state index is 0.868. The summed E-state index contributed by atoms with van der Waals surface area (Å²) in [7, 11) is 0. The minimum atomic E-state index is 0.868. The van der Waals surface area contributed by atoms with E-state index in [1.807, 2.05) is 6.07 Å². The summed E-state index contributed by atoms with van der Waals surface area (Å²) in [6.07, 6.45) is 0. The number of para-hydroxylation sites is 1. The molecule has 11 aromatic rings. The van der Waals surface area contributed by atoms with Gasteiger partial charge in [0.1, 0.15) is 11.2 Å². The number of furan rings is 1. The summed E-state index contributed by atoms with van der Waals surface area (Å²) in [6.45, 7) is 0. The van der Waals surface area contributed by atoms with E-state index in [0.717, 1.165) is 55.7 Å². The van der Waals surface area contributed by atoms with Crippen LogP contribution < -0.4 is 4.90 Å². The Balaban J connectivity index is 1.07. The number of hydrogen-bond acceptors (Lipinski definition) is 2. The number of anilines is 3. The number of fused-ring (bicyclic) bond motifs is 4. The number of benzene rings is 10. The van der Waals surface area contributed by atoms with Crippen molar-refractivity contribution in [1.29, 1.82) is 0 Å². The fourth-order valence-electron chi connectivity index (χ4n) is 8.79. The highest BCUT2D eigenvalue weighted by atomic mass is 16.3. The van der Waals surface area contributed by atoms with E-state index < -0.39 is 0 Å². The van der Waals surface area contributed by atoms with Gasteiger partial charge in [-0.15, -0.1) is 0 Å². The molecule has 60 heavy (non-hydrogen) atoms. The normalized spacial score (nSPS) is 11.3. The third-order valence-corrected chi connectivity index (χ3v) is 11.7. The molecule has 1 aromatic heterocycles. The molecule has 0 radical (unpaired) electrons. The van der Waals surface area contributed by atoms with E-state index in [1.54, 1.807) is 0 Å². The van der Waals surface area contributed by atoms with E-state index in [2.05, 4.69) is 235 Å². The van der Waals surface area contributed by atoms with E-state index in [1.165, 1.54) is 49.7 Å². The maximum atomic E-state index is 6.76. The van der Waals surface area contributed by atoms with Crippen LogP contribution in [0.25, 0.3) is 88.3 Å². The lowest BCUT2D eigenvalue weighted by atomic mass is 9.91. The molecule has 0 bridgehead atoms. The predicted molar refractivity (Wildman–Crippen MR) is 253 cm³/mol. The van der Waals surface area contributed by atoms with Crippen LogP contribution in [-0.2, 0) is 0 Å². The molecule has 0 unspecified atom stereocenters. The van der Waals surface area contributed by atoms with Gasteiger partial charge in [-0.1, -0.05) is 188 Å². The molecule has 2 heteroatoms. The van der Waals surface area contributed by atoms with Crippen molar-refractivity contribution < 1.29 is 4.42 Å². The first-order chi connectivity index (χ1) is 29.8. The van der Waals surface area contributed by atoms with Crippen LogP contribution in [0, 0.1) is 0 Å². The zero-order valence-electron chi connectivity index (χ0n) is 32.9. The lowest BCUT2D eigenvalue weighted by molar-refractivity contribution is 0.670. The summed E-state index contributed by atoms with van der Waals surface area (Å²) in [5.74, 6) is 0. The Morgan fingerprint density at radius 2 is 0.800 bits per heavy atom. The molecule has 2 nitrogen and oxygen atoms in total. The summed E-state index contributed by atoms with van der Waals surface area (Å²) < 4.78 is 6.76. The van der Waals surface area contributed by atoms with Crippen LogP contribution in [0.4, 0.5) is 17.1 Å². The van der Waals surface area contributed by atoms with E-state index >= 15 is 0 Å². The van der Waals surface area contributed by atoms with Crippen molar-refractivity contribution in [2.75, 3.05) is 4.90 Å². The molecular formula is C58H39NO. The van der Waals surface area contributed by atoms with E-state index in [0.29, 0.717) is 0 Å². The first kappa shape index (κ1) is 35.2. The van der Waals surface area contributed by atoms with Gasteiger partial charge in [0.05, 0.1) is 11.1 Å². The van der Waals surface area contributed by atoms with E-state index in [9.17, 15) is 0 Å². The van der Waals surface area contributed by atoms with Crippen molar-refractivity contribution in [3.8, 4) is 55.6 Å². The van der Waals surface area contributed by atoms with Crippen molar-refractivity contribution in [2.45, 2.75) is 0 Å². The molecule has 0 aliphatic carbocycles. The Morgan fingerprint density at radius 1 is 0.300 bits per heavy atom. The zero-order chi connectivity index (χ0) is 39.8. The summed E-state index contributed by atoms with van der Waals surface area (Å²) in [5.41, 5.74) is 16.7. The molecule has 0 aliphatic rings. The largest absolute Gasteiger partial charge is 0.455 e. The van der Waals surface area contributed by atoms with Gasteiger partial charge in [0, 0.05) is 22.3 Å². The van der Waals surface area contributed by atoms with Gasteiger partial charge in [0.25, 0.3) is 0 Å². The molecule has 0 saturated carbocycles. The fraction of sp³-hybridized carbons (Fsp3) is 0. The Bertz CT molecular complexity index is 3270. The lowest BCUT2D eigenvalue weighted by Crippen LogP contribution is -2.10. The maximum absolute atomic E-state index is 6.76. The van der Waals surface area contributed by atoms with Gasteiger partial charge >= 0.3 is 0 Å². The van der Waals surface area contributed by atoms with Crippen molar-refractivity contribution in [1.82, 2.24) is 0 Å². The Labute approximate surface area is 349 Å². The van der Waals surface area contributed by atoms with Gasteiger partial charge in [-0.3, -0.25) is 0 Å². The lowest BCUT2D eigenvalue weighted by Gasteiger charge is -2.27. The highest BCUT2D eigenvalue weighted by Crippen LogP contribution is 2.47. The summed E-state index contributed by atoms with van der Waals surface area (Å²) in [4.78, 5) is 2.38. The second-order valence-corrected chi connectivity index (χ2v) is 15.2. The van der Waals surface area contributed by atoms with Crippen molar-refractivity contribution in [3.63, 3.8) is 0 Å². The third kappa shape index (κ3) is 6.32. The molecule has 0 amide bonds. The highest BCUT2D eigenvalue weighted by molar-refractivity contribution is 6.17. The molecule has 0 fully saturated rings. The minimum Gasteiger partial charge on any atom is -0.455 e. The standard InChI is InChI=1S/C58H39NO/c1-4-15-41(16-5-1)51-36-31-46(39-54(51)44-19-8-3-9-20-44)40-27-32-47(33-28-40)59(48-34-29-45(30-35-48)50-25-14-22-42-21-10-11-23-49(42)50)55-38-37-52(43-17-6-2-7-18-43)58-57(55)53-24-12-13-26-56(53)60-58/h1-39H. The van der Waals surface area contributed by atoms with Gasteiger partial charge < -0.3 is 9.32 Å². The molecule has 0 N–H and O–H groups in total. The van der Waals surface area contributed by atoms with Gasteiger partial charge in [-0.05, 0) is 109 Å². The molecule has 11 rings (SSSR count). The maximum Gasteiger partial charge on any atom is 0.145 e.